The van der Waals surface area contributed by atoms with Gasteiger partial charge in [-0.2, -0.15) is 0 Å². The zero-order chi connectivity index (χ0) is 27.7. The molecule has 0 saturated heterocycles. The van der Waals surface area contributed by atoms with Gasteiger partial charge in [-0.3, -0.25) is 13.9 Å². The Morgan fingerprint density at radius 3 is 2.29 bits per heavy atom. The van der Waals surface area contributed by atoms with Gasteiger partial charge in [0.25, 0.3) is 0 Å². The van der Waals surface area contributed by atoms with E-state index in [1.165, 1.54) is 17.0 Å². The van der Waals surface area contributed by atoms with Crippen LogP contribution in [0.1, 0.15) is 75.0 Å². The second-order valence-corrected chi connectivity index (χ2v) is 12.4. The lowest BCUT2D eigenvalue weighted by Gasteiger charge is -2.33. The van der Waals surface area contributed by atoms with Crippen molar-refractivity contribution in [2.24, 2.45) is 0 Å². The number of carbonyl (C=O) groups excluding carboxylic acids is 2. The van der Waals surface area contributed by atoms with Crippen molar-refractivity contribution in [2.75, 3.05) is 17.1 Å². The van der Waals surface area contributed by atoms with Crippen LogP contribution in [0.2, 0.25) is 0 Å². The zero-order valence-corrected chi connectivity index (χ0v) is 24.1. The maximum absolute atomic E-state index is 13.6. The molecule has 0 spiro atoms. The number of carbonyl (C=O) groups is 2. The van der Waals surface area contributed by atoms with E-state index in [0.717, 1.165) is 42.4 Å². The number of aryl methyl sites for hydroxylation is 2. The number of nitrogens with one attached hydrogen (secondary N) is 1. The number of hydrogen-bond donors (Lipinski definition) is 1. The molecular formula is C30H43N3O4S. The SMILES string of the molecule is CC[C@H](C(=O)NC1CCCCC1)N(Cc1ccccc1)C(=O)CCCN(c1ccc(C)c(C)c1)S(C)(=O)=O. The molecule has 2 amide bonds. The Hall–Kier alpha value is -2.87. The number of hydrogen-bond acceptors (Lipinski definition) is 4. The van der Waals surface area contributed by atoms with Gasteiger partial charge >= 0.3 is 0 Å². The first-order valence-electron chi connectivity index (χ1n) is 13.8. The largest absolute Gasteiger partial charge is 0.352 e. The Bertz CT molecular complexity index is 1180. The minimum atomic E-state index is -3.52. The highest BCUT2D eigenvalue weighted by molar-refractivity contribution is 7.92. The van der Waals surface area contributed by atoms with Crippen molar-refractivity contribution >= 4 is 27.5 Å². The maximum atomic E-state index is 13.6. The second-order valence-electron chi connectivity index (χ2n) is 10.5. The van der Waals surface area contributed by atoms with Gasteiger partial charge in [-0.05, 0) is 68.4 Å². The van der Waals surface area contributed by atoms with Crippen molar-refractivity contribution in [1.29, 1.82) is 0 Å². The summed E-state index contributed by atoms with van der Waals surface area (Å²) < 4.78 is 26.5. The van der Waals surface area contributed by atoms with Crippen molar-refractivity contribution < 1.29 is 18.0 Å². The summed E-state index contributed by atoms with van der Waals surface area (Å²) in [5.41, 5.74) is 3.65. The predicted octanol–water partition coefficient (Wildman–Crippen LogP) is 5.11. The van der Waals surface area contributed by atoms with E-state index in [2.05, 4.69) is 5.32 Å². The lowest BCUT2D eigenvalue weighted by atomic mass is 9.95. The van der Waals surface area contributed by atoms with Crippen molar-refractivity contribution in [2.45, 2.75) is 90.8 Å². The number of benzene rings is 2. The summed E-state index contributed by atoms with van der Waals surface area (Å²) in [5.74, 6) is -0.246. The van der Waals surface area contributed by atoms with Gasteiger partial charge in [-0.25, -0.2) is 8.42 Å². The maximum Gasteiger partial charge on any atom is 0.243 e. The minimum Gasteiger partial charge on any atom is -0.352 e. The molecule has 2 aromatic carbocycles. The molecule has 0 aliphatic heterocycles. The van der Waals surface area contributed by atoms with Crippen molar-refractivity contribution in [1.82, 2.24) is 10.2 Å². The molecule has 208 valence electrons. The van der Waals surface area contributed by atoms with E-state index in [1.54, 1.807) is 11.0 Å². The van der Waals surface area contributed by atoms with Crippen LogP contribution in [-0.4, -0.2) is 50.0 Å². The van der Waals surface area contributed by atoms with E-state index < -0.39 is 16.1 Å². The first-order valence-corrected chi connectivity index (χ1v) is 15.6. The third-order valence-electron chi connectivity index (χ3n) is 7.46. The van der Waals surface area contributed by atoms with Crippen molar-refractivity contribution in [3.8, 4) is 0 Å². The quantitative estimate of drug-likeness (QED) is 0.405. The Kier molecular flexibility index (Phi) is 10.8. The molecule has 2 aromatic rings. The Labute approximate surface area is 228 Å². The second kappa shape index (κ2) is 13.8. The molecule has 1 aliphatic carbocycles. The van der Waals surface area contributed by atoms with E-state index >= 15 is 0 Å². The Morgan fingerprint density at radius 2 is 1.68 bits per heavy atom. The lowest BCUT2D eigenvalue weighted by Crippen LogP contribution is -2.51. The van der Waals surface area contributed by atoms with Gasteiger partial charge in [-0.15, -0.1) is 0 Å². The Morgan fingerprint density at radius 1 is 1.00 bits per heavy atom. The average molecular weight is 542 g/mol. The summed E-state index contributed by atoms with van der Waals surface area (Å²) in [6.45, 7) is 6.40. The highest BCUT2D eigenvalue weighted by Crippen LogP contribution is 2.23. The topological polar surface area (TPSA) is 86.8 Å². The number of anilines is 1. The van der Waals surface area contributed by atoms with Gasteiger partial charge in [-0.1, -0.05) is 62.6 Å². The van der Waals surface area contributed by atoms with Gasteiger partial charge < -0.3 is 10.2 Å². The molecule has 0 unspecified atom stereocenters. The molecule has 1 N–H and O–H groups in total. The van der Waals surface area contributed by atoms with Crippen molar-refractivity contribution in [3.05, 3.63) is 65.2 Å². The predicted molar refractivity (Wildman–Crippen MR) is 153 cm³/mol. The first-order chi connectivity index (χ1) is 18.1. The van der Waals surface area contributed by atoms with E-state index in [-0.39, 0.29) is 30.8 Å². The van der Waals surface area contributed by atoms with Crippen LogP contribution in [0.3, 0.4) is 0 Å². The minimum absolute atomic E-state index is 0.100. The summed E-state index contributed by atoms with van der Waals surface area (Å²) in [6, 6.07) is 14.9. The molecule has 1 atom stereocenters. The van der Waals surface area contributed by atoms with Gasteiger partial charge in [0.05, 0.1) is 11.9 Å². The molecule has 0 radical (unpaired) electrons. The van der Waals surface area contributed by atoms with Gasteiger partial charge in [0.2, 0.25) is 21.8 Å². The summed E-state index contributed by atoms with van der Waals surface area (Å²) in [5, 5.41) is 3.20. The van der Waals surface area contributed by atoms with E-state index in [9.17, 15) is 18.0 Å². The summed E-state index contributed by atoms with van der Waals surface area (Å²) in [6.07, 6.45) is 7.60. The molecule has 1 fully saturated rings. The molecule has 1 saturated carbocycles. The number of rotatable bonds is 12. The summed E-state index contributed by atoms with van der Waals surface area (Å²) >= 11 is 0. The zero-order valence-electron chi connectivity index (χ0n) is 23.3. The molecule has 1 aliphatic rings. The molecule has 0 heterocycles. The van der Waals surface area contributed by atoms with Crippen LogP contribution in [0.25, 0.3) is 0 Å². The molecule has 3 rings (SSSR count). The normalized spacial score (nSPS) is 15.1. The monoisotopic (exact) mass is 541 g/mol. The molecule has 38 heavy (non-hydrogen) atoms. The fourth-order valence-electron chi connectivity index (χ4n) is 5.13. The average Bonchev–Trinajstić information content (AvgIpc) is 2.88. The van der Waals surface area contributed by atoms with Crippen LogP contribution >= 0.6 is 0 Å². The highest BCUT2D eigenvalue weighted by Gasteiger charge is 2.30. The third-order valence-corrected chi connectivity index (χ3v) is 8.66. The van der Waals surface area contributed by atoms with Crippen LogP contribution in [0.15, 0.2) is 48.5 Å². The number of nitrogens with zero attached hydrogens (tertiary/aromatic N) is 2. The van der Waals surface area contributed by atoms with Gasteiger partial charge in [0.15, 0.2) is 0 Å². The molecule has 0 bridgehead atoms. The fraction of sp³-hybridized carbons (Fsp3) is 0.533. The summed E-state index contributed by atoms with van der Waals surface area (Å²) in [7, 11) is -3.52. The van der Waals surface area contributed by atoms with E-state index in [0.29, 0.717) is 25.1 Å². The van der Waals surface area contributed by atoms with Crippen LogP contribution < -0.4 is 9.62 Å². The van der Waals surface area contributed by atoms with Crippen LogP contribution in [0.4, 0.5) is 5.69 Å². The fourth-order valence-corrected chi connectivity index (χ4v) is 6.09. The molecule has 8 heteroatoms. The smallest absolute Gasteiger partial charge is 0.243 e. The van der Waals surface area contributed by atoms with Crippen molar-refractivity contribution in [3.63, 3.8) is 0 Å². The van der Waals surface area contributed by atoms with E-state index in [1.807, 2.05) is 63.2 Å². The number of sulfonamides is 1. The van der Waals surface area contributed by atoms with Crippen LogP contribution in [0, 0.1) is 13.8 Å². The van der Waals surface area contributed by atoms with Gasteiger partial charge in [0, 0.05) is 25.6 Å². The number of amides is 2. The Balaban J connectivity index is 1.74. The third kappa shape index (κ3) is 8.32. The van der Waals surface area contributed by atoms with Crippen LogP contribution in [0.5, 0.6) is 0 Å². The standard InChI is InChI=1S/C30H43N3O4S/c1-5-28(30(35)31-26-15-10-7-11-16-26)32(22-25-13-8-6-9-14-25)29(34)17-12-20-33(38(4,36)37)27-19-18-23(2)24(3)21-27/h6,8-9,13-14,18-19,21,26,28H,5,7,10-12,15-17,20,22H2,1-4H3,(H,31,35)/t28-/m1/s1. The van der Waals surface area contributed by atoms with Gasteiger partial charge in [0.1, 0.15) is 6.04 Å². The molecular weight excluding hydrogens is 498 g/mol. The lowest BCUT2D eigenvalue weighted by molar-refractivity contribution is -0.141. The molecule has 0 aromatic heterocycles. The first kappa shape index (κ1) is 29.7. The van der Waals surface area contributed by atoms with E-state index in [4.69, 9.17) is 0 Å². The molecule has 7 nitrogen and oxygen atoms in total. The van der Waals surface area contributed by atoms with Crippen LogP contribution in [-0.2, 0) is 26.2 Å². The highest BCUT2D eigenvalue weighted by atomic mass is 32.2. The summed E-state index contributed by atoms with van der Waals surface area (Å²) in [4.78, 5) is 28.6.